The third-order valence-corrected chi connectivity index (χ3v) is 2.65. The zero-order chi connectivity index (χ0) is 13.1. The van der Waals surface area contributed by atoms with Gasteiger partial charge in [0.2, 0.25) is 0 Å². The van der Waals surface area contributed by atoms with Gasteiger partial charge in [0.25, 0.3) is 5.69 Å². The Balaban J connectivity index is 2.42. The van der Waals surface area contributed by atoms with E-state index in [1.54, 1.807) is 12.1 Å². The molecule has 18 heavy (non-hydrogen) atoms. The first-order chi connectivity index (χ1) is 8.60. The van der Waals surface area contributed by atoms with Crippen LogP contribution in [0, 0.1) is 17.0 Å². The molecule has 0 saturated heterocycles. The normalized spacial score (nSPS) is 10.3. The smallest absolute Gasteiger partial charge is 0.258 e. The first-order valence-electron chi connectivity index (χ1n) is 5.25. The summed E-state index contributed by atoms with van der Waals surface area (Å²) in [6.07, 6.45) is 0. The van der Waals surface area contributed by atoms with Crippen molar-refractivity contribution < 1.29 is 4.92 Å². The van der Waals surface area contributed by atoms with E-state index in [2.05, 4.69) is 9.97 Å². The third kappa shape index (κ3) is 2.62. The Morgan fingerprint density at radius 1 is 1.28 bits per heavy atom. The fraction of sp³-hybridized carbons (Fsp3) is 0.167. The van der Waals surface area contributed by atoms with Crippen LogP contribution in [0.5, 0.6) is 0 Å². The van der Waals surface area contributed by atoms with E-state index in [1.165, 1.54) is 12.1 Å². The summed E-state index contributed by atoms with van der Waals surface area (Å²) in [7, 11) is 0. The van der Waals surface area contributed by atoms with E-state index >= 15 is 0 Å². The Labute approximate surface area is 109 Å². The maximum atomic E-state index is 10.6. The Morgan fingerprint density at radius 2 is 1.94 bits per heavy atom. The van der Waals surface area contributed by atoms with E-state index in [1.807, 2.05) is 13.0 Å². The van der Waals surface area contributed by atoms with Gasteiger partial charge < -0.3 is 0 Å². The van der Waals surface area contributed by atoms with Gasteiger partial charge in [0.1, 0.15) is 0 Å². The third-order valence-electron chi connectivity index (χ3n) is 2.38. The zero-order valence-corrected chi connectivity index (χ0v) is 10.4. The van der Waals surface area contributed by atoms with Crippen LogP contribution >= 0.6 is 11.6 Å². The number of halogens is 1. The highest BCUT2D eigenvalue weighted by Gasteiger charge is 2.08. The van der Waals surface area contributed by atoms with Gasteiger partial charge in [0, 0.05) is 23.4 Å². The molecule has 1 heterocycles. The Kier molecular flexibility index (Phi) is 3.53. The molecule has 1 aromatic carbocycles. The van der Waals surface area contributed by atoms with Crippen LogP contribution in [0.15, 0.2) is 30.3 Å². The molecule has 0 N–H and O–H groups in total. The molecule has 0 bridgehead atoms. The van der Waals surface area contributed by atoms with Gasteiger partial charge in [0.15, 0.2) is 5.82 Å². The van der Waals surface area contributed by atoms with Crippen molar-refractivity contribution >= 4 is 17.3 Å². The Morgan fingerprint density at radius 3 is 2.50 bits per heavy atom. The molecule has 2 rings (SSSR count). The van der Waals surface area contributed by atoms with Gasteiger partial charge in [-0.15, -0.1) is 11.6 Å². The predicted octanol–water partition coefficient (Wildman–Crippen LogP) is 3.10. The fourth-order valence-electron chi connectivity index (χ4n) is 1.56. The summed E-state index contributed by atoms with van der Waals surface area (Å²) in [6, 6.07) is 7.93. The van der Waals surface area contributed by atoms with Crippen LogP contribution < -0.4 is 0 Å². The maximum absolute atomic E-state index is 10.6. The van der Waals surface area contributed by atoms with Gasteiger partial charge in [-0.25, -0.2) is 9.97 Å². The molecule has 5 nitrogen and oxygen atoms in total. The number of non-ortho nitro benzene ring substituents is 1. The van der Waals surface area contributed by atoms with Gasteiger partial charge in [-0.05, 0) is 25.1 Å². The molecule has 0 radical (unpaired) electrons. The molecule has 0 fully saturated rings. The summed E-state index contributed by atoms with van der Waals surface area (Å²) in [4.78, 5) is 18.7. The summed E-state index contributed by atoms with van der Waals surface area (Å²) in [5.74, 6) is 0.837. The van der Waals surface area contributed by atoms with E-state index < -0.39 is 4.92 Å². The average molecular weight is 264 g/mol. The van der Waals surface area contributed by atoms with Gasteiger partial charge >= 0.3 is 0 Å². The quantitative estimate of drug-likeness (QED) is 0.485. The summed E-state index contributed by atoms with van der Waals surface area (Å²) < 4.78 is 0. The first kappa shape index (κ1) is 12.4. The van der Waals surface area contributed by atoms with Crippen molar-refractivity contribution in [3.8, 4) is 11.4 Å². The van der Waals surface area contributed by atoms with Crippen molar-refractivity contribution in [2.45, 2.75) is 12.8 Å². The number of rotatable bonds is 3. The van der Waals surface area contributed by atoms with Gasteiger partial charge in [-0.1, -0.05) is 0 Å². The number of aryl methyl sites for hydroxylation is 1. The minimum absolute atomic E-state index is 0.0453. The maximum Gasteiger partial charge on any atom is 0.269 e. The molecule has 0 spiro atoms. The SMILES string of the molecule is Cc1cc(CCl)nc(-c2ccc([N+](=O)[O-])cc2)n1. The van der Waals surface area contributed by atoms with E-state index in [0.717, 1.165) is 17.0 Å². The number of nitro benzene ring substituents is 1. The number of nitrogens with zero attached hydrogens (tertiary/aromatic N) is 3. The molecule has 2 aromatic rings. The molecule has 0 aliphatic heterocycles. The van der Waals surface area contributed by atoms with Crippen molar-refractivity contribution in [1.29, 1.82) is 0 Å². The summed E-state index contributed by atoms with van der Waals surface area (Å²) >= 11 is 5.75. The molecule has 0 saturated carbocycles. The number of alkyl halides is 1. The lowest BCUT2D eigenvalue weighted by Gasteiger charge is -2.03. The number of hydrogen-bond acceptors (Lipinski definition) is 4. The summed E-state index contributed by atoms with van der Waals surface area (Å²) in [5, 5.41) is 10.6. The van der Waals surface area contributed by atoms with Crippen molar-refractivity contribution in [1.82, 2.24) is 9.97 Å². The molecule has 92 valence electrons. The Bertz CT molecular complexity index is 584. The van der Waals surface area contributed by atoms with E-state index in [-0.39, 0.29) is 5.69 Å². The average Bonchev–Trinajstić information content (AvgIpc) is 2.38. The molecule has 0 unspecified atom stereocenters. The predicted molar refractivity (Wildman–Crippen MR) is 68.4 cm³/mol. The van der Waals surface area contributed by atoms with Crippen LogP contribution in [-0.2, 0) is 5.88 Å². The molecule has 0 amide bonds. The van der Waals surface area contributed by atoms with Crippen LogP contribution in [0.1, 0.15) is 11.4 Å². The molecular weight excluding hydrogens is 254 g/mol. The lowest BCUT2D eigenvalue weighted by Crippen LogP contribution is -1.96. The second-order valence-corrected chi connectivity index (χ2v) is 4.03. The minimum atomic E-state index is -0.439. The monoisotopic (exact) mass is 263 g/mol. The summed E-state index contributed by atoms with van der Waals surface area (Å²) in [6.45, 7) is 1.85. The molecule has 6 heteroatoms. The first-order valence-corrected chi connectivity index (χ1v) is 5.79. The van der Waals surface area contributed by atoms with Gasteiger partial charge in [-0.2, -0.15) is 0 Å². The van der Waals surface area contributed by atoms with Crippen LogP contribution in [0.2, 0.25) is 0 Å². The lowest BCUT2D eigenvalue weighted by molar-refractivity contribution is -0.384. The van der Waals surface area contributed by atoms with Crippen LogP contribution in [0.3, 0.4) is 0 Å². The highest BCUT2D eigenvalue weighted by molar-refractivity contribution is 6.16. The summed E-state index contributed by atoms with van der Waals surface area (Å²) in [5.41, 5.74) is 2.33. The number of aromatic nitrogens is 2. The highest BCUT2D eigenvalue weighted by Crippen LogP contribution is 2.20. The van der Waals surface area contributed by atoms with E-state index in [9.17, 15) is 10.1 Å². The van der Waals surface area contributed by atoms with Crippen molar-refractivity contribution in [3.05, 3.63) is 51.8 Å². The largest absolute Gasteiger partial charge is 0.269 e. The van der Waals surface area contributed by atoms with Crippen molar-refractivity contribution in [2.24, 2.45) is 0 Å². The molecule has 0 atom stereocenters. The van der Waals surface area contributed by atoms with Crippen LogP contribution in [-0.4, -0.2) is 14.9 Å². The molecule has 0 aliphatic rings. The molecule has 0 aliphatic carbocycles. The van der Waals surface area contributed by atoms with Crippen LogP contribution in [0.4, 0.5) is 5.69 Å². The lowest BCUT2D eigenvalue weighted by atomic mass is 10.2. The highest BCUT2D eigenvalue weighted by atomic mass is 35.5. The topological polar surface area (TPSA) is 68.9 Å². The second-order valence-electron chi connectivity index (χ2n) is 3.76. The standard InChI is InChI=1S/C12H10ClN3O2/c1-8-6-10(7-13)15-12(14-8)9-2-4-11(5-3-9)16(17)18/h2-6H,7H2,1H3. The van der Waals surface area contributed by atoms with Crippen molar-refractivity contribution in [2.75, 3.05) is 0 Å². The second kappa shape index (κ2) is 5.10. The number of nitro groups is 1. The molecule has 1 aromatic heterocycles. The van der Waals surface area contributed by atoms with Crippen LogP contribution in [0.25, 0.3) is 11.4 Å². The Hall–Kier alpha value is -2.01. The fourth-order valence-corrected chi connectivity index (χ4v) is 1.70. The van der Waals surface area contributed by atoms with E-state index in [0.29, 0.717) is 11.7 Å². The number of benzene rings is 1. The van der Waals surface area contributed by atoms with E-state index in [4.69, 9.17) is 11.6 Å². The molecular formula is C12H10ClN3O2. The zero-order valence-electron chi connectivity index (χ0n) is 9.63. The van der Waals surface area contributed by atoms with Crippen molar-refractivity contribution in [3.63, 3.8) is 0 Å². The minimum Gasteiger partial charge on any atom is -0.258 e. The van der Waals surface area contributed by atoms with Gasteiger partial charge in [0.05, 0.1) is 16.5 Å². The van der Waals surface area contributed by atoms with Gasteiger partial charge in [-0.3, -0.25) is 10.1 Å². The number of hydrogen-bond donors (Lipinski definition) is 0.